The van der Waals surface area contributed by atoms with Gasteiger partial charge in [-0.05, 0) is 36.8 Å². The minimum atomic E-state index is -4.72. The van der Waals surface area contributed by atoms with Crippen LogP contribution in [-0.2, 0) is 10.9 Å². The summed E-state index contributed by atoms with van der Waals surface area (Å²) in [6, 6.07) is 6.69. The van der Waals surface area contributed by atoms with Crippen molar-refractivity contribution in [2.45, 2.75) is 12.6 Å². The van der Waals surface area contributed by atoms with Gasteiger partial charge in [-0.25, -0.2) is 19.2 Å². The number of halogens is 5. The van der Waals surface area contributed by atoms with E-state index in [2.05, 4.69) is 25.5 Å². The Bertz CT molecular complexity index is 1770. The van der Waals surface area contributed by atoms with Crippen molar-refractivity contribution in [3.63, 3.8) is 0 Å². The fraction of sp³-hybridized carbons (Fsp3) is 0.323. The van der Waals surface area contributed by atoms with Crippen LogP contribution in [0.4, 0.5) is 33.7 Å². The van der Waals surface area contributed by atoms with E-state index in [9.17, 15) is 22.4 Å². The lowest BCUT2D eigenvalue weighted by atomic mass is 10.1. The van der Waals surface area contributed by atoms with Gasteiger partial charge in [0.25, 0.3) is 0 Å². The third kappa shape index (κ3) is 7.69. The average Bonchev–Trinajstić information content (AvgIpc) is 3.05. The molecule has 6 rings (SSSR count). The van der Waals surface area contributed by atoms with Gasteiger partial charge in [0.05, 0.1) is 47.3 Å². The zero-order chi connectivity index (χ0) is 33.0. The fourth-order valence-corrected chi connectivity index (χ4v) is 5.23. The Kier molecular flexibility index (Phi) is 9.66. The molecule has 0 unspecified atom stereocenters. The highest BCUT2D eigenvalue weighted by Crippen LogP contribution is 2.48. The minimum absolute atomic E-state index is 0.0231. The van der Waals surface area contributed by atoms with Crippen molar-refractivity contribution in [2.75, 3.05) is 63.3 Å². The molecule has 2 aliphatic heterocycles. The molecule has 0 bridgehead atoms. The molecule has 1 aromatic heterocycles. The maximum absolute atomic E-state index is 14.1. The number of carbonyl (C=O) groups excluding carboxylic acids is 1. The SMILES string of the molecule is O=C(Nc1cc(C(F)(F)F)ccc1F)Nc1ccc(Oc2ncnc3cc(OCCCN4CCOCC4)c4c(c23)OCCO4)cc1Cl. The van der Waals surface area contributed by atoms with E-state index < -0.39 is 29.3 Å². The van der Waals surface area contributed by atoms with Crippen molar-refractivity contribution in [1.29, 1.82) is 0 Å². The van der Waals surface area contributed by atoms with Crippen LogP contribution in [0.5, 0.6) is 28.9 Å². The summed E-state index contributed by atoms with van der Waals surface area (Å²) in [7, 11) is 0. The van der Waals surface area contributed by atoms with E-state index in [1.807, 2.05) is 0 Å². The lowest BCUT2D eigenvalue weighted by Crippen LogP contribution is -2.37. The topological polar surface area (TPSA) is 116 Å². The molecule has 4 aromatic rings. The highest BCUT2D eigenvalue weighted by Gasteiger charge is 2.31. The van der Waals surface area contributed by atoms with E-state index in [1.54, 1.807) is 6.07 Å². The first kappa shape index (κ1) is 32.3. The fourth-order valence-electron chi connectivity index (χ4n) is 5.01. The second kappa shape index (κ2) is 14.0. The van der Waals surface area contributed by atoms with E-state index in [1.165, 1.54) is 24.5 Å². The maximum Gasteiger partial charge on any atom is 0.416 e. The van der Waals surface area contributed by atoms with Crippen LogP contribution in [0.1, 0.15) is 12.0 Å². The van der Waals surface area contributed by atoms with E-state index in [0.717, 1.165) is 39.3 Å². The summed E-state index contributed by atoms with van der Waals surface area (Å²) in [5.74, 6) is 0.606. The van der Waals surface area contributed by atoms with E-state index in [0.29, 0.717) is 59.6 Å². The highest BCUT2D eigenvalue weighted by molar-refractivity contribution is 6.34. The summed E-state index contributed by atoms with van der Waals surface area (Å²) in [6.07, 6.45) is -2.58. The maximum atomic E-state index is 14.1. The molecular formula is C31H28ClF4N5O6. The second-order valence-corrected chi connectivity index (χ2v) is 10.9. The van der Waals surface area contributed by atoms with Crippen LogP contribution in [0.15, 0.2) is 48.8 Å². The molecule has 0 aliphatic carbocycles. The third-order valence-electron chi connectivity index (χ3n) is 7.27. The summed E-state index contributed by atoms with van der Waals surface area (Å²) in [6.45, 7) is 5.20. The summed E-state index contributed by atoms with van der Waals surface area (Å²) in [5, 5.41) is 4.92. The summed E-state index contributed by atoms with van der Waals surface area (Å²) >= 11 is 6.37. The van der Waals surface area contributed by atoms with Crippen LogP contribution in [0.2, 0.25) is 5.02 Å². The Balaban J connectivity index is 1.16. The molecule has 3 heterocycles. The van der Waals surface area contributed by atoms with Crippen LogP contribution in [0.25, 0.3) is 10.9 Å². The highest BCUT2D eigenvalue weighted by atomic mass is 35.5. The number of carbonyl (C=O) groups is 1. The molecule has 11 nitrogen and oxygen atoms in total. The molecule has 248 valence electrons. The lowest BCUT2D eigenvalue weighted by Gasteiger charge is -2.26. The number of urea groups is 1. The number of nitrogens with zero attached hydrogens (tertiary/aromatic N) is 3. The number of nitrogens with one attached hydrogen (secondary N) is 2. The number of anilines is 2. The molecule has 0 atom stereocenters. The van der Waals surface area contributed by atoms with Crippen molar-refractivity contribution in [3.8, 4) is 28.9 Å². The predicted molar refractivity (Wildman–Crippen MR) is 163 cm³/mol. The molecule has 1 fully saturated rings. The van der Waals surface area contributed by atoms with Gasteiger partial charge in [-0.2, -0.15) is 13.2 Å². The molecule has 47 heavy (non-hydrogen) atoms. The molecule has 0 radical (unpaired) electrons. The van der Waals surface area contributed by atoms with Crippen molar-refractivity contribution in [1.82, 2.24) is 14.9 Å². The van der Waals surface area contributed by atoms with E-state index in [4.69, 9.17) is 35.3 Å². The normalized spacial score (nSPS) is 14.9. The second-order valence-electron chi connectivity index (χ2n) is 10.5. The Labute approximate surface area is 270 Å². The van der Waals surface area contributed by atoms with Crippen LogP contribution in [-0.4, -0.2) is 73.6 Å². The van der Waals surface area contributed by atoms with Crippen molar-refractivity contribution >= 4 is 39.9 Å². The zero-order valence-corrected chi connectivity index (χ0v) is 25.4. The number of hydrogen-bond acceptors (Lipinski definition) is 9. The summed E-state index contributed by atoms with van der Waals surface area (Å²) in [4.78, 5) is 23.5. The average molecular weight is 678 g/mol. The third-order valence-corrected chi connectivity index (χ3v) is 7.58. The number of morpholine rings is 1. The summed E-state index contributed by atoms with van der Waals surface area (Å²) in [5.41, 5.74) is -1.20. The standard InChI is InChI=1S/C31H28ClF4N5O6/c32-20-15-19(3-5-22(20)39-30(42)40-23-14-18(31(34,35)36)2-4-21(23)33)47-29-26-24(37-17-38-29)16-25(27-28(26)46-13-12-45-27)44-9-1-6-41-7-10-43-11-8-41/h2-5,14-17H,1,6-13H2,(H2,39,40,42). The summed E-state index contributed by atoms with van der Waals surface area (Å²) < 4.78 is 82.6. The molecule has 2 aliphatic rings. The van der Waals surface area contributed by atoms with Gasteiger partial charge in [-0.15, -0.1) is 0 Å². The molecule has 3 aromatic carbocycles. The van der Waals surface area contributed by atoms with Gasteiger partial charge in [0, 0.05) is 31.8 Å². The Morgan fingerprint density at radius 2 is 1.72 bits per heavy atom. The van der Waals surface area contributed by atoms with Crippen molar-refractivity contribution in [3.05, 3.63) is 65.2 Å². The van der Waals surface area contributed by atoms with Crippen molar-refractivity contribution < 1.29 is 46.0 Å². The van der Waals surface area contributed by atoms with Crippen LogP contribution < -0.4 is 29.6 Å². The number of hydrogen-bond donors (Lipinski definition) is 2. The van der Waals surface area contributed by atoms with Gasteiger partial charge in [-0.1, -0.05) is 11.6 Å². The molecule has 0 saturated carbocycles. The van der Waals surface area contributed by atoms with Crippen LogP contribution >= 0.6 is 11.6 Å². The quantitative estimate of drug-likeness (QED) is 0.147. The number of aromatic nitrogens is 2. The van der Waals surface area contributed by atoms with E-state index >= 15 is 0 Å². The van der Waals surface area contributed by atoms with Crippen LogP contribution in [0, 0.1) is 5.82 Å². The zero-order valence-electron chi connectivity index (χ0n) is 24.7. The number of rotatable bonds is 9. The van der Waals surface area contributed by atoms with Crippen LogP contribution in [0.3, 0.4) is 0 Å². The Morgan fingerprint density at radius 3 is 2.49 bits per heavy atom. The molecule has 1 saturated heterocycles. The van der Waals surface area contributed by atoms with Gasteiger partial charge in [-0.3, -0.25) is 4.90 Å². The number of ether oxygens (including phenoxy) is 5. The largest absolute Gasteiger partial charge is 0.489 e. The first-order chi connectivity index (χ1) is 22.7. The minimum Gasteiger partial charge on any atom is -0.489 e. The van der Waals surface area contributed by atoms with Gasteiger partial charge >= 0.3 is 12.2 Å². The van der Waals surface area contributed by atoms with Gasteiger partial charge in [0.2, 0.25) is 11.6 Å². The first-order valence-electron chi connectivity index (χ1n) is 14.6. The molecule has 2 N–H and O–H groups in total. The van der Waals surface area contributed by atoms with Gasteiger partial charge in [0.15, 0.2) is 11.5 Å². The number of benzene rings is 3. The Morgan fingerprint density at radius 1 is 0.957 bits per heavy atom. The van der Waals surface area contributed by atoms with Gasteiger partial charge in [0.1, 0.15) is 36.5 Å². The molecule has 0 spiro atoms. The predicted octanol–water partition coefficient (Wildman–Crippen LogP) is 6.75. The number of amides is 2. The Hall–Kier alpha value is -4.60. The lowest BCUT2D eigenvalue weighted by molar-refractivity contribution is -0.137. The van der Waals surface area contributed by atoms with Gasteiger partial charge < -0.3 is 34.3 Å². The monoisotopic (exact) mass is 677 g/mol. The number of alkyl halides is 3. The first-order valence-corrected chi connectivity index (χ1v) is 15.0. The number of fused-ring (bicyclic) bond motifs is 3. The molecular weight excluding hydrogens is 650 g/mol. The smallest absolute Gasteiger partial charge is 0.416 e. The van der Waals surface area contributed by atoms with Crippen molar-refractivity contribution in [2.24, 2.45) is 0 Å². The molecule has 16 heteroatoms. The van der Waals surface area contributed by atoms with E-state index in [-0.39, 0.29) is 28.9 Å². The molecule has 2 amide bonds.